The standard InChI is InChI=1S/C29H22FN5O3S/c1-3-38-22-12-9-18(10-13-22)27-31-29-35(33-27)28(36)25(39-29)16-20-17-34(21-7-5-4-6-8-21)32-26(20)19-11-14-24(37-2)23(30)15-19/h4-17H,3H2,1-2H3/b25-16-. The molecular formula is C29H22FN5O3S. The summed E-state index contributed by atoms with van der Waals surface area (Å²) in [6, 6.07) is 21.6. The Kier molecular flexibility index (Phi) is 6.37. The number of fused-ring (bicyclic) bond motifs is 1. The van der Waals surface area contributed by atoms with E-state index in [1.807, 2.05) is 67.7 Å². The number of methoxy groups -OCH3 is 1. The Balaban J connectivity index is 1.44. The molecule has 0 atom stereocenters. The molecule has 0 fully saturated rings. The number of hydrogen-bond donors (Lipinski definition) is 0. The molecule has 0 unspecified atom stereocenters. The number of hydrogen-bond acceptors (Lipinski definition) is 7. The zero-order chi connectivity index (χ0) is 26.9. The summed E-state index contributed by atoms with van der Waals surface area (Å²) in [4.78, 5) is 18.3. The summed E-state index contributed by atoms with van der Waals surface area (Å²) in [5, 5.41) is 9.16. The topological polar surface area (TPSA) is 83.5 Å². The van der Waals surface area contributed by atoms with E-state index in [9.17, 15) is 9.18 Å². The van der Waals surface area contributed by atoms with Crippen molar-refractivity contribution >= 4 is 22.4 Å². The van der Waals surface area contributed by atoms with E-state index in [1.54, 1.807) is 22.9 Å². The van der Waals surface area contributed by atoms with Crippen LogP contribution in [0, 0.1) is 5.82 Å². The summed E-state index contributed by atoms with van der Waals surface area (Å²) in [7, 11) is 1.42. The molecule has 0 amide bonds. The van der Waals surface area contributed by atoms with Crippen molar-refractivity contribution in [3.63, 3.8) is 0 Å². The highest BCUT2D eigenvalue weighted by molar-refractivity contribution is 7.15. The van der Waals surface area contributed by atoms with E-state index in [1.165, 1.54) is 29.0 Å². The minimum absolute atomic E-state index is 0.141. The van der Waals surface area contributed by atoms with Crippen LogP contribution < -0.4 is 19.6 Å². The van der Waals surface area contributed by atoms with E-state index < -0.39 is 5.82 Å². The van der Waals surface area contributed by atoms with Gasteiger partial charge in [0, 0.05) is 22.9 Å². The number of halogens is 1. The summed E-state index contributed by atoms with van der Waals surface area (Å²) in [5.41, 5.74) is 3.05. The third-order valence-electron chi connectivity index (χ3n) is 6.08. The lowest BCUT2D eigenvalue weighted by Gasteiger charge is -2.04. The van der Waals surface area contributed by atoms with Crippen LogP contribution in [0.4, 0.5) is 4.39 Å². The van der Waals surface area contributed by atoms with Gasteiger partial charge in [-0.25, -0.2) is 9.07 Å². The molecule has 0 saturated heterocycles. The molecule has 39 heavy (non-hydrogen) atoms. The van der Waals surface area contributed by atoms with Gasteiger partial charge in [0.25, 0.3) is 5.56 Å². The molecule has 3 aromatic carbocycles. The Morgan fingerprint density at radius 2 is 1.77 bits per heavy atom. The fraction of sp³-hybridized carbons (Fsp3) is 0.103. The van der Waals surface area contributed by atoms with Crippen LogP contribution in [0.15, 0.2) is 83.8 Å². The van der Waals surface area contributed by atoms with E-state index in [2.05, 4.69) is 10.1 Å². The molecule has 3 heterocycles. The van der Waals surface area contributed by atoms with Gasteiger partial charge in [-0.15, -0.1) is 5.10 Å². The van der Waals surface area contributed by atoms with Crippen LogP contribution in [0.25, 0.3) is 39.4 Å². The van der Waals surface area contributed by atoms with Crippen molar-refractivity contribution in [2.45, 2.75) is 6.92 Å². The lowest BCUT2D eigenvalue weighted by Crippen LogP contribution is -2.23. The molecular weight excluding hydrogens is 517 g/mol. The van der Waals surface area contributed by atoms with Gasteiger partial charge in [-0.2, -0.15) is 14.6 Å². The molecule has 0 aliphatic heterocycles. The first kappa shape index (κ1) is 24.5. The molecule has 0 aliphatic rings. The van der Waals surface area contributed by atoms with Crippen LogP contribution in [-0.4, -0.2) is 38.1 Å². The molecule has 3 aromatic heterocycles. The zero-order valence-electron chi connectivity index (χ0n) is 21.0. The number of benzene rings is 3. The van der Waals surface area contributed by atoms with Crippen molar-refractivity contribution in [3.05, 3.63) is 105 Å². The molecule has 0 bridgehead atoms. The summed E-state index contributed by atoms with van der Waals surface area (Å²) in [6.07, 6.45) is 3.55. The quantitative estimate of drug-likeness (QED) is 0.291. The Labute approximate surface area is 226 Å². The molecule has 6 rings (SSSR count). The van der Waals surface area contributed by atoms with Gasteiger partial charge < -0.3 is 9.47 Å². The molecule has 8 nitrogen and oxygen atoms in total. The van der Waals surface area contributed by atoms with Gasteiger partial charge in [0.2, 0.25) is 4.96 Å². The molecule has 0 saturated carbocycles. The van der Waals surface area contributed by atoms with Crippen molar-refractivity contribution in [1.82, 2.24) is 24.4 Å². The highest BCUT2D eigenvalue weighted by Gasteiger charge is 2.16. The summed E-state index contributed by atoms with van der Waals surface area (Å²) in [5.74, 6) is 0.856. The van der Waals surface area contributed by atoms with E-state index in [-0.39, 0.29) is 11.3 Å². The fourth-order valence-electron chi connectivity index (χ4n) is 4.21. The van der Waals surface area contributed by atoms with E-state index in [0.29, 0.717) is 38.7 Å². The number of nitrogens with zero attached hydrogens (tertiary/aromatic N) is 5. The van der Waals surface area contributed by atoms with Crippen LogP contribution in [0.1, 0.15) is 12.5 Å². The first-order chi connectivity index (χ1) is 19.0. The lowest BCUT2D eigenvalue weighted by atomic mass is 10.1. The van der Waals surface area contributed by atoms with E-state index >= 15 is 0 Å². The molecule has 0 spiro atoms. The number of thiazole rings is 1. The second-order valence-electron chi connectivity index (χ2n) is 8.57. The third kappa shape index (κ3) is 4.66. The van der Waals surface area contributed by atoms with Crippen LogP contribution in [0.5, 0.6) is 11.5 Å². The highest BCUT2D eigenvalue weighted by atomic mass is 32.1. The molecule has 0 radical (unpaired) electrons. The predicted octanol–water partition coefficient (Wildman–Crippen LogP) is 4.76. The summed E-state index contributed by atoms with van der Waals surface area (Å²) in [6.45, 7) is 2.50. The maximum absolute atomic E-state index is 14.6. The minimum Gasteiger partial charge on any atom is -0.494 e. The first-order valence-corrected chi connectivity index (χ1v) is 13.0. The van der Waals surface area contributed by atoms with Gasteiger partial charge in [-0.1, -0.05) is 29.5 Å². The van der Waals surface area contributed by atoms with Crippen molar-refractivity contribution in [1.29, 1.82) is 0 Å². The van der Waals surface area contributed by atoms with Gasteiger partial charge in [0.05, 0.1) is 23.9 Å². The predicted molar refractivity (Wildman–Crippen MR) is 148 cm³/mol. The Hall–Kier alpha value is -4.83. The average Bonchev–Trinajstić information content (AvgIpc) is 3.65. The van der Waals surface area contributed by atoms with Crippen LogP contribution in [0.3, 0.4) is 0 Å². The maximum atomic E-state index is 14.6. The van der Waals surface area contributed by atoms with E-state index in [4.69, 9.17) is 14.6 Å². The van der Waals surface area contributed by atoms with Gasteiger partial charge >= 0.3 is 0 Å². The molecule has 0 aliphatic carbocycles. The average molecular weight is 540 g/mol. The van der Waals surface area contributed by atoms with Crippen molar-refractivity contribution in [2.24, 2.45) is 0 Å². The lowest BCUT2D eigenvalue weighted by molar-refractivity contribution is 0.340. The van der Waals surface area contributed by atoms with Gasteiger partial charge in [0.1, 0.15) is 11.4 Å². The van der Waals surface area contributed by atoms with Gasteiger partial charge in [-0.05, 0) is 67.6 Å². The normalized spacial score (nSPS) is 11.8. The maximum Gasteiger partial charge on any atom is 0.291 e. The van der Waals surface area contributed by atoms with Gasteiger partial charge in [0.15, 0.2) is 17.4 Å². The molecule has 0 N–H and O–H groups in total. The second kappa shape index (κ2) is 10.1. The Bertz CT molecular complexity index is 1900. The van der Waals surface area contributed by atoms with Gasteiger partial charge in [-0.3, -0.25) is 4.79 Å². The molecule has 10 heteroatoms. The summed E-state index contributed by atoms with van der Waals surface area (Å²) < 4.78 is 28.6. The largest absolute Gasteiger partial charge is 0.494 e. The van der Waals surface area contributed by atoms with Crippen molar-refractivity contribution in [3.8, 4) is 39.8 Å². The second-order valence-corrected chi connectivity index (χ2v) is 9.57. The first-order valence-electron chi connectivity index (χ1n) is 12.2. The number of para-hydroxylation sites is 1. The Morgan fingerprint density at radius 3 is 2.46 bits per heavy atom. The minimum atomic E-state index is -0.500. The number of aromatic nitrogens is 5. The SMILES string of the molecule is CCOc1ccc(-c2nc3s/c(=C\c4cn(-c5ccccc5)nc4-c4ccc(OC)c(F)c4)c(=O)n3n2)cc1. The van der Waals surface area contributed by atoms with Crippen LogP contribution in [0.2, 0.25) is 0 Å². The van der Waals surface area contributed by atoms with Crippen LogP contribution >= 0.6 is 11.3 Å². The smallest absolute Gasteiger partial charge is 0.291 e. The third-order valence-corrected chi connectivity index (χ3v) is 7.04. The van der Waals surface area contributed by atoms with E-state index in [0.717, 1.165) is 17.0 Å². The molecule has 194 valence electrons. The fourth-order valence-corrected chi connectivity index (χ4v) is 5.11. The monoisotopic (exact) mass is 539 g/mol. The molecule has 6 aromatic rings. The number of ether oxygens (including phenoxy) is 2. The zero-order valence-corrected chi connectivity index (χ0v) is 21.9. The van der Waals surface area contributed by atoms with Crippen molar-refractivity contribution < 1.29 is 13.9 Å². The van der Waals surface area contributed by atoms with Crippen molar-refractivity contribution in [2.75, 3.05) is 13.7 Å². The summed E-state index contributed by atoms with van der Waals surface area (Å²) >= 11 is 1.23. The van der Waals surface area contributed by atoms with Crippen LogP contribution in [-0.2, 0) is 0 Å². The highest BCUT2D eigenvalue weighted by Crippen LogP contribution is 2.28. The Morgan fingerprint density at radius 1 is 1.00 bits per heavy atom. The number of rotatable bonds is 7.